The Morgan fingerprint density at radius 3 is 1.30 bits per heavy atom. The highest BCUT2D eigenvalue weighted by molar-refractivity contribution is 5.76. The monoisotopic (exact) mass is 1100 g/mol. The quantitative estimate of drug-likeness (QED) is 0.0285. The first kappa shape index (κ1) is 69.3. The van der Waals surface area contributed by atoms with E-state index in [2.05, 4.69) is 43.5 Å². The number of amides is 1. The van der Waals surface area contributed by atoms with Crippen molar-refractivity contribution in [2.24, 2.45) is 0 Å². The van der Waals surface area contributed by atoms with Crippen LogP contribution in [0.3, 0.4) is 0 Å². The molecule has 1 amide bonds. The summed E-state index contributed by atoms with van der Waals surface area (Å²) in [6.07, 6.45) is 17.2. The number of aliphatic hydroxyl groups is 11. The van der Waals surface area contributed by atoms with Gasteiger partial charge in [0, 0.05) is 6.42 Å². The average Bonchev–Trinajstić information content (AvgIpc) is 3.42. The van der Waals surface area contributed by atoms with Crippen LogP contribution < -0.4 is 5.32 Å². The minimum atomic E-state index is -1.98. The van der Waals surface area contributed by atoms with Crippen LogP contribution in [0.1, 0.15) is 194 Å². The Kier molecular flexibility index (Phi) is 37.7. The van der Waals surface area contributed by atoms with Gasteiger partial charge in [-0.2, -0.15) is 0 Å². The number of carbonyl (C=O) groups excluding carboxylic acids is 1. The lowest BCUT2D eigenvalue weighted by atomic mass is 9.96. The van der Waals surface area contributed by atoms with Crippen LogP contribution in [0, 0.1) is 0 Å². The van der Waals surface area contributed by atoms with Crippen molar-refractivity contribution in [3.8, 4) is 0 Å². The van der Waals surface area contributed by atoms with E-state index < -0.39 is 124 Å². The number of carbonyl (C=O) groups is 1. The molecule has 3 rings (SSSR count). The van der Waals surface area contributed by atoms with E-state index in [-0.39, 0.29) is 18.9 Å². The number of allylic oxidation sites excluding steroid dienone is 5. The lowest BCUT2D eigenvalue weighted by molar-refractivity contribution is -0.379. The van der Waals surface area contributed by atoms with E-state index in [1.165, 1.54) is 109 Å². The highest BCUT2D eigenvalue weighted by Gasteiger charge is 2.53. The SMILES string of the molecule is CCCCCCC/C=C/CC/C=C/C(O)C(COC1OC(CO)C(OC2OC(CO)C(OC3OC(CO)C(O)C(O)C3O)C(O)C2O)C(O)C1O)NC(=O)CCCCCCCCCCC/C=C\CCCCCCCCCC. The molecule has 3 saturated heterocycles. The largest absolute Gasteiger partial charge is 0.394 e. The van der Waals surface area contributed by atoms with E-state index in [4.69, 9.17) is 28.4 Å². The zero-order valence-electron chi connectivity index (χ0n) is 46.7. The molecule has 450 valence electrons. The maximum atomic E-state index is 13.3. The van der Waals surface area contributed by atoms with Crippen LogP contribution in [0.4, 0.5) is 0 Å². The van der Waals surface area contributed by atoms with Crippen molar-refractivity contribution < 1.29 is 89.4 Å². The van der Waals surface area contributed by atoms with Crippen molar-refractivity contribution >= 4 is 5.91 Å². The summed E-state index contributed by atoms with van der Waals surface area (Å²) in [6, 6.07) is -0.988. The van der Waals surface area contributed by atoms with E-state index in [1.807, 2.05) is 6.08 Å². The van der Waals surface area contributed by atoms with Crippen molar-refractivity contribution in [1.29, 1.82) is 0 Å². The van der Waals surface area contributed by atoms with Crippen LogP contribution in [0.5, 0.6) is 0 Å². The average molecular weight is 1100 g/mol. The fraction of sp³-hybridized carbons (Fsp3) is 0.879. The summed E-state index contributed by atoms with van der Waals surface area (Å²) in [5.74, 6) is -0.290. The van der Waals surface area contributed by atoms with E-state index in [9.17, 15) is 61.0 Å². The number of aliphatic hydroxyl groups excluding tert-OH is 11. The first-order valence-corrected chi connectivity index (χ1v) is 29.7. The number of ether oxygens (including phenoxy) is 6. The molecule has 19 nitrogen and oxygen atoms in total. The first-order valence-electron chi connectivity index (χ1n) is 29.7. The zero-order chi connectivity index (χ0) is 56.2. The minimum Gasteiger partial charge on any atom is -0.394 e. The molecule has 0 aromatic carbocycles. The van der Waals surface area contributed by atoms with Crippen molar-refractivity contribution in [1.82, 2.24) is 5.32 Å². The topological polar surface area (TPSA) is 307 Å². The van der Waals surface area contributed by atoms with Gasteiger partial charge in [0.25, 0.3) is 0 Å². The smallest absolute Gasteiger partial charge is 0.220 e. The molecule has 0 aromatic heterocycles. The van der Waals surface area contributed by atoms with Crippen LogP contribution in [-0.2, 0) is 33.2 Å². The number of unbranched alkanes of at least 4 members (excludes halogenated alkanes) is 23. The van der Waals surface area contributed by atoms with Crippen LogP contribution >= 0.6 is 0 Å². The van der Waals surface area contributed by atoms with E-state index >= 15 is 0 Å². The second-order valence-electron chi connectivity index (χ2n) is 21.4. The highest BCUT2D eigenvalue weighted by Crippen LogP contribution is 2.33. The molecule has 3 heterocycles. The summed E-state index contributed by atoms with van der Waals surface area (Å²) in [6.45, 7) is 1.66. The van der Waals surface area contributed by atoms with Gasteiger partial charge in [0.15, 0.2) is 18.9 Å². The standard InChI is InChI=1S/C58H105NO18/c1-3-5-7-9-11-13-15-16-17-18-19-20-21-22-23-24-26-28-30-32-34-36-46(64)59-41(42(63)35-33-31-29-27-25-14-12-10-8-6-4-2)40-72-56-52(70)49(67)54(44(38-61)74-56)77-58-53(71)50(68)55(45(39-62)75-58)76-57-51(69)48(66)47(65)43(37-60)73-57/h18-19,25,27,33,35,41-45,47-58,60-63,65-71H,3-17,20-24,26,28-32,34,36-40H2,1-2H3,(H,59,64)/b19-18-,27-25+,35-33+. The maximum absolute atomic E-state index is 13.3. The predicted octanol–water partition coefficient (Wildman–Crippen LogP) is 4.93. The van der Waals surface area contributed by atoms with Gasteiger partial charge >= 0.3 is 0 Å². The van der Waals surface area contributed by atoms with Crippen LogP contribution in [0.25, 0.3) is 0 Å². The molecular formula is C58H105NO18. The van der Waals surface area contributed by atoms with Gasteiger partial charge in [0.1, 0.15) is 73.2 Å². The van der Waals surface area contributed by atoms with Crippen LogP contribution in [0.15, 0.2) is 36.5 Å². The molecule has 77 heavy (non-hydrogen) atoms. The van der Waals surface area contributed by atoms with Crippen molar-refractivity contribution in [3.63, 3.8) is 0 Å². The van der Waals surface area contributed by atoms with E-state index in [1.54, 1.807) is 6.08 Å². The summed E-state index contributed by atoms with van der Waals surface area (Å²) >= 11 is 0. The number of hydrogen-bond donors (Lipinski definition) is 12. The molecule has 19 heteroatoms. The van der Waals surface area contributed by atoms with Crippen molar-refractivity contribution in [3.05, 3.63) is 36.5 Å². The Hall–Kier alpha value is -1.99. The Labute approximate surface area is 460 Å². The lowest BCUT2D eigenvalue weighted by Gasteiger charge is -2.48. The fourth-order valence-corrected chi connectivity index (χ4v) is 9.96. The first-order chi connectivity index (χ1) is 37.3. The molecule has 3 aliphatic rings. The molecule has 3 aliphatic heterocycles. The molecule has 0 spiro atoms. The van der Waals surface area contributed by atoms with Gasteiger partial charge < -0.3 is 89.9 Å². The summed E-state index contributed by atoms with van der Waals surface area (Å²) in [7, 11) is 0. The number of nitrogens with one attached hydrogen (secondary N) is 1. The van der Waals surface area contributed by atoms with Gasteiger partial charge in [-0.25, -0.2) is 0 Å². The molecule has 0 aromatic rings. The van der Waals surface area contributed by atoms with Crippen molar-refractivity contribution in [2.45, 2.75) is 298 Å². The molecule has 0 aliphatic carbocycles. The third kappa shape index (κ3) is 26.2. The van der Waals surface area contributed by atoms with Crippen LogP contribution in [0.2, 0.25) is 0 Å². The Morgan fingerprint density at radius 2 is 0.831 bits per heavy atom. The normalized spacial score (nSPS) is 30.9. The molecule has 3 fully saturated rings. The summed E-state index contributed by atoms with van der Waals surface area (Å²) in [5.41, 5.74) is 0. The maximum Gasteiger partial charge on any atom is 0.220 e. The Balaban J connectivity index is 1.48. The Bertz CT molecular complexity index is 1550. The van der Waals surface area contributed by atoms with Gasteiger partial charge in [-0.15, -0.1) is 0 Å². The fourth-order valence-electron chi connectivity index (χ4n) is 9.96. The summed E-state index contributed by atoms with van der Waals surface area (Å²) < 4.78 is 34.2. The third-order valence-electron chi connectivity index (χ3n) is 14.9. The lowest BCUT2D eigenvalue weighted by Crippen LogP contribution is -2.66. The molecule has 12 N–H and O–H groups in total. The van der Waals surface area contributed by atoms with E-state index in [0.717, 1.165) is 51.4 Å². The molecule has 0 saturated carbocycles. The molecule has 0 radical (unpaired) electrons. The number of rotatable bonds is 43. The molecule has 17 unspecified atom stereocenters. The third-order valence-corrected chi connectivity index (χ3v) is 14.9. The second-order valence-corrected chi connectivity index (χ2v) is 21.4. The summed E-state index contributed by atoms with van der Waals surface area (Å²) in [4.78, 5) is 13.3. The van der Waals surface area contributed by atoms with Crippen LogP contribution in [-0.4, -0.2) is 193 Å². The minimum absolute atomic E-state index is 0.233. The van der Waals surface area contributed by atoms with Gasteiger partial charge in [0.2, 0.25) is 5.91 Å². The van der Waals surface area contributed by atoms with E-state index in [0.29, 0.717) is 12.8 Å². The molecular weight excluding hydrogens is 999 g/mol. The van der Waals surface area contributed by atoms with Gasteiger partial charge in [-0.05, 0) is 57.8 Å². The van der Waals surface area contributed by atoms with Gasteiger partial charge in [-0.3, -0.25) is 4.79 Å². The number of hydrogen-bond acceptors (Lipinski definition) is 18. The highest BCUT2D eigenvalue weighted by atomic mass is 16.8. The predicted molar refractivity (Wildman–Crippen MR) is 291 cm³/mol. The van der Waals surface area contributed by atoms with Gasteiger partial charge in [0.05, 0.1) is 38.6 Å². The van der Waals surface area contributed by atoms with Gasteiger partial charge in [-0.1, -0.05) is 166 Å². The Morgan fingerprint density at radius 1 is 0.455 bits per heavy atom. The van der Waals surface area contributed by atoms with Crippen molar-refractivity contribution in [2.75, 3.05) is 26.4 Å². The zero-order valence-corrected chi connectivity index (χ0v) is 46.7. The second kappa shape index (κ2) is 41.9. The summed E-state index contributed by atoms with van der Waals surface area (Å²) in [5, 5.41) is 120. The molecule has 0 bridgehead atoms. The molecule has 17 atom stereocenters.